The van der Waals surface area contributed by atoms with E-state index < -0.39 is 0 Å². The summed E-state index contributed by atoms with van der Waals surface area (Å²) in [6, 6.07) is 4.62. The van der Waals surface area contributed by atoms with Gasteiger partial charge in [0.2, 0.25) is 0 Å². The number of aromatic nitrogens is 3. The van der Waals surface area contributed by atoms with Crippen molar-refractivity contribution < 1.29 is 4.74 Å². The van der Waals surface area contributed by atoms with Gasteiger partial charge in [-0.1, -0.05) is 6.07 Å². The molecule has 3 aromatic heterocycles. The predicted octanol–water partition coefficient (Wildman–Crippen LogP) is 4.14. The molecule has 31 heavy (non-hydrogen) atoms. The molecule has 3 aliphatic rings. The maximum Gasteiger partial charge on any atom is 0.146 e. The number of hydrogen-bond acceptors (Lipinski definition) is 7. The topological polar surface area (TPSA) is 54.4 Å². The number of morpholine rings is 1. The molecule has 0 saturated carbocycles. The summed E-state index contributed by atoms with van der Waals surface area (Å²) in [6.45, 7) is 5.38. The molecule has 7 heteroatoms. The highest BCUT2D eigenvalue weighted by molar-refractivity contribution is 7.19. The maximum atomic E-state index is 5.54. The number of nitrogens with zero attached hydrogens (tertiary/aromatic N) is 5. The molecular weight excluding hydrogens is 406 g/mol. The van der Waals surface area contributed by atoms with Crippen LogP contribution in [0.25, 0.3) is 10.2 Å². The maximum absolute atomic E-state index is 5.54. The molecular formula is C24H29N5OS. The predicted molar refractivity (Wildman–Crippen MR) is 124 cm³/mol. The van der Waals surface area contributed by atoms with Gasteiger partial charge in [0.1, 0.15) is 16.5 Å². The Morgan fingerprint density at radius 2 is 1.97 bits per heavy atom. The van der Waals surface area contributed by atoms with Crippen LogP contribution in [0, 0.1) is 0 Å². The van der Waals surface area contributed by atoms with E-state index in [-0.39, 0.29) is 0 Å². The number of ether oxygens (including phenoxy) is 1. The third-order valence-electron chi connectivity index (χ3n) is 6.90. The summed E-state index contributed by atoms with van der Waals surface area (Å²) in [6.07, 6.45) is 11.2. The molecule has 6 nitrogen and oxygen atoms in total. The van der Waals surface area contributed by atoms with Crippen molar-refractivity contribution >= 4 is 27.4 Å². The summed E-state index contributed by atoms with van der Waals surface area (Å²) >= 11 is 1.91. The average molecular weight is 436 g/mol. The fourth-order valence-corrected chi connectivity index (χ4v) is 6.63. The Morgan fingerprint density at radius 3 is 2.84 bits per heavy atom. The standard InChI is InChI=1S/C24H29N5OS/c1-2-8-20-18(6-1)22-23(29-10-4-7-19(29)17-5-3-9-25-15-17)26-21(27-24(22)31-20)16-28-11-13-30-14-12-28/h3,5,9,15,19H,1-2,4,6-8,10-14,16H2. The minimum Gasteiger partial charge on any atom is -0.379 e. The highest BCUT2D eigenvalue weighted by Gasteiger charge is 2.31. The fourth-order valence-electron chi connectivity index (χ4n) is 5.36. The van der Waals surface area contributed by atoms with Gasteiger partial charge < -0.3 is 9.64 Å². The van der Waals surface area contributed by atoms with E-state index in [2.05, 4.69) is 26.9 Å². The van der Waals surface area contributed by atoms with Gasteiger partial charge in [-0.25, -0.2) is 9.97 Å². The average Bonchev–Trinajstić information content (AvgIpc) is 3.45. The number of aryl methyl sites for hydroxylation is 2. The quantitative estimate of drug-likeness (QED) is 0.614. The van der Waals surface area contributed by atoms with E-state index in [1.807, 2.05) is 23.7 Å². The number of fused-ring (bicyclic) bond motifs is 3. The van der Waals surface area contributed by atoms with Crippen molar-refractivity contribution in [1.82, 2.24) is 19.9 Å². The van der Waals surface area contributed by atoms with Crippen LogP contribution in [0.2, 0.25) is 0 Å². The minimum absolute atomic E-state index is 0.349. The van der Waals surface area contributed by atoms with E-state index in [1.54, 1.807) is 0 Å². The molecule has 0 spiro atoms. The van der Waals surface area contributed by atoms with Gasteiger partial charge in [0.25, 0.3) is 0 Å². The molecule has 6 rings (SSSR count). The van der Waals surface area contributed by atoms with Crippen LogP contribution >= 0.6 is 11.3 Å². The Bertz CT molecular complexity index is 1060. The van der Waals surface area contributed by atoms with Crippen molar-refractivity contribution in [2.75, 3.05) is 37.7 Å². The van der Waals surface area contributed by atoms with Crippen LogP contribution in [0.5, 0.6) is 0 Å². The number of pyridine rings is 1. The van der Waals surface area contributed by atoms with Crippen LogP contribution in [-0.2, 0) is 24.1 Å². The smallest absolute Gasteiger partial charge is 0.146 e. The zero-order chi connectivity index (χ0) is 20.6. The molecule has 2 fully saturated rings. The minimum atomic E-state index is 0.349. The summed E-state index contributed by atoms with van der Waals surface area (Å²) < 4.78 is 5.54. The largest absolute Gasteiger partial charge is 0.379 e. The van der Waals surface area contributed by atoms with E-state index in [0.29, 0.717) is 6.04 Å². The Kier molecular flexibility index (Phi) is 5.34. The van der Waals surface area contributed by atoms with E-state index in [1.165, 1.54) is 64.1 Å². The number of hydrogen-bond donors (Lipinski definition) is 0. The van der Waals surface area contributed by atoms with Crippen molar-refractivity contribution in [3.8, 4) is 0 Å². The van der Waals surface area contributed by atoms with Crippen LogP contribution in [-0.4, -0.2) is 52.7 Å². The summed E-state index contributed by atoms with van der Waals surface area (Å²) in [7, 11) is 0. The first-order valence-electron chi connectivity index (χ1n) is 11.6. The molecule has 0 radical (unpaired) electrons. The van der Waals surface area contributed by atoms with Crippen molar-refractivity contribution in [2.45, 2.75) is 51.1 Å². The lowest BCUT2D eigenvalue weighted by Gasteiger charge is -2.29. The van der Waals surface area contributed by atoms with E-state index in [0.717, 1.165) is 51.6 Å². The fraction of sp³-hybridized carbons (Fsp3) is 0.542. The van der Waals surface area contributed by atoms with Crippen LogP contribution in [0.15, 0.2) is 24.5 Å². The van der Waals surface area contributed by atoms with Gasteiger partial charge >= 0.3 is 0 Å². The van der Waals surface area contributed by atoms with Gasteiger partial charge in [0.15, 0.2) is 0 Å². The Morgan fingerprint density at radius 1 is 1.06 bits per heavy atom. The Hall–Kier alpha value is -2.09. The van der Waals surface area contributed by atoms with E-state index in [4.69, 9.17) is 14.7 Å². The van der Waals surface area contributed by atoms with Gasteiger partial charge in [0.05, 0.1) is 31.2 Å². The molecule has 1 unspecified atom stereocenters. The summed E-state index contributed by atoms with van der Waals surface area (Å²) in [4.78, 5) is 22.4. The lowest BCUT2D eigenvalue weighted by Crippen LogP contribution is -2.36. The molecule has 1 aliphatic carbocycles. The second kappa shape index (κ2) is 8.45. The first-order chi connectivity index (χ1) is 15.4. The van der Waals surface area contributed by atoms with Crippen LogP contribution in [0.1, 0.15) is 53.6 Å². The van der Waals surface area contributed by atoms with Crippen molar-refractivity contribution in [2.24, 2.45) is 0 Å². The molecule has 1 atom stereocenters. The first-order valence-corrected chi connectivity index (χ1v) is 12.5. The normalized spacial score (nSPS) is 22.2. The molecule has 3 aromatic rings. The summed E-state index contributed by atoms with van der Waals surface area (Å²) in [5.74, 6) is 2.12. The SMILES string of the molecule is c1cncc(C2CCCN2c2nc(CN3CCOCC3)nc3sc4c(c23)CCCC4)c1. The van der Waals surface area contributed by atoms with Crippen LogP contribution in [0.3, 0.4) is 0 Å². The summed E-state index contributed by atoms with van der Waals surface area (Å²) in [5.41, 5.74) is 2.82. The Labute approximate surface area is 187 Å². The van der Waals surface area contributed by atoms with Gasteiger partial charge in [-0.2, -0.15) is 0 Å². The lowest BCUT2D eigenvalue weighted by atomic mass is 9.96. The molecule has 0 N–H and O–H groups in total. The van der Waals surface area contributed by atoms with Crippen LogP contribution in [0.4, 0.5) is 5.82 Å². The molecule has 5 heterocycles. The zero-order valence-electron chi connectivity index (χ0n) is 17.9. The second-order valence-electron chi connectivity index (χ2n) is 8.88. The molecule has 0 amide bonds. The molecule has 0 aromatic carbocycles. The van der Waals surface area contributed by atoms with Crippen molar-refractivity contribution in [3.63, 3.8) is 0 Å². The zero-order valence-corrected chi connectivity index (χ0v) is 18.7. The molecule has 2 aliphatic heterocycles. The van der Waals surface area contributed by atoms with Crippen molar-refractivity contribution in [1.29, 1.82) is 0 Å². The van der Waals surface area contributed by atoms with E-state index in [9.17, 15) is 0 Å². The highest BCUT2D eigenvalue weighted by Crippen LogP contribution is 2.44. The van der Waals surface area contributed by atoms with Gasteiger partial charge in [-0.05, 0) is 55.7 Å². The third-order valence-corrected chi connectivity index (χ3v) is 8.09. The molecule has 162 valence electrons. The third kappa shape index (κ3) is 3.73. The number of rotatable bonds is 4. The van der Waals surface area contributed by atoms with Gasteiger partial charge in [-0.15, -0.1) is 11.3 Å². The highest BCUT2D eigenvalue weighted by atomic mass is 32.1. The van der Waals surface area contributed by atoms with E-state index >= 15 is 0 Å². The number of thiophene rings is 1. The van der Waals surface area contributed by atoms with Gasteiger partial charge in [0, 0.05) is 36.9 Å². The van der Waals surface area contributed by atoms with Crippen molar-refractivity contribution in [3.05, 3.63) is 46.4 Å². The first kappa shape index (κ1) is 19.6. The number of anilines is 1. The van der Waals surface area contributed by atoms with Gasteiger partial charge in [-0.3, -0.25) is 9.88 Å². The second-order valence-corrected chi connectivity index (χ2v) is 9.96. The van der Waals surface area contributed by atoms with Crippen LogP contribution < -0.4 is 4.90 Å². The Balaban J connectivity index is 1.45. The summed E-state index contributed by atoms with van der Waals surface area (Å²) in [5, 5.41) is 1.33. The lowest BCUT2D eigenvalue weighted by molar-refractivity contribution is 0.0331. The molecule has 2 saturated heterocycles. The molecule has 0 bridgehead atoms. The monoisotopic (exact) mass is 435 g/mol.